The van der Waals surface area contributed by atoms with Crippen LogP contribution in [0.5, 0.6) is 0 Å². The molecule has 0 aromatic heterocycles. The van der Waals surface area contributed by atoms with Gasteiger partial charge in [0.25, 0.3) is 0 Å². The van der Waals surface area contributed by atoms with Gasteiger partial charge in [-0.05, 0) is 169 Å². The van der Waals surface area contributed by atoms with Crippen LogP contribution in [-0.2, 0) is 0 Å². The molecular formula is C64H34B2N2. The Morgan fingerprint density at radius 1 is 0.221 bits per heavy atom. The molecule has 0 N–H and O–H groups in total. The first-order chi connectivity index (χ1) is 33.8. The molecule has 4 heteroatoms. The topological polar surface area (TPSA) is 6.48 Å². The van der Waals surface area contributed by atoms with Crippen molar-refractivity contribution >= 4 is 123 Å². The number of rotatable bonds is 3. The zero-order valence-corrected chi connectivity index (χ0v) is 36.7. The summed E-state index contributed by atoms with van der Waals surface area (Å²) in [5.41, 5.74) is 29.5. The van der Waals surface area contributed by atoms with Crippen molar-refractivity contribution in [2.24, 2.45) is 0 Å². The zero-order chi connectivity index (χ0) is 43.7. The molecule has 0 radical (unpaired) electrons. The number of nitrogens with zero attached hydrogens (tertiary/aromatic N) is 2. The van der Waals surface area contributed by atoms with E-state index < -0.39 is 0 Å². The third-order valence-electron chi connectivity index (χ3n) is 16.9. The number of anilines is 6. The fourth-order valence-electron chi connectivity index (χ4n) is 14.4. The SMILES string of the molecule is c1cc2c3c(c1)-c1cccc4ccc5c(c14)B3c1c(ccc3cccc-2c13)N5c1ccc(-c2ccc(N3c4ccc5cccc6c5c4B4c5c-6cccc5-c5cccc6ccc3c4c56)cc2)cc1. The van der Waals surface area contributed by atoms with Crippen LogP contribution in [0.3, 0.4) is 0 Å². The third-order valence-corrected chi connectivity index (χ3v) is 16.9. The zero-order valence-electron chi connectivity index (χ0n) is 36.7. The summed E-state index contributed by atoms with van der Waals surface area (Å²) in [6.45, 7) is 0.366. The van der Waals surface area contributed by atoms with Gasteiger partial charge in [-0.3, -0.25) is 0 Å². The van der Waals surface area contributed by atoms with Gasteiger partial charge in [-0.25, -0.2) is 0 Å². The van der Waals surface area contributed by atoms with E-state index in [1.165, 1.54) is 166 Å². The van der Waals surface area contributed by atoms with Crippen molar-refractivity contribution in [2.75, 3.05) is 9.80 Å². The average Bonchev–Trinajstić information content (AvgIpc) is 3.41. The lowest BCUT2D eigenvalue weighted by atomic mass is 9.29. The van der Waals surface area contributed by atoms with Crippen LogP contribution in [0, 0.1) is 0 Å². The molecule has 0 saturated carbocycles. The maximum absolute atomic E-state index is 2.55. The molecule has 0 aliphatic carbocycles. The van der Waals surface area contributed by atoms with Crippen LogP contribution >= 0.6 is 0 Å². The summed E-state index contributed by atoms with van der Waals surface area (Å²) in [7, 11) is 0. The fourth-order valence-corrected chi connectivity index (χ4v) is 14.4. The molecule has 6 heterocycles. The van der Waals surface area contributed by atoms with Gasteiger partial charge in [-0.2, -0.15) is 0 Å². The van der Waals surface area contributed by atoms with E-state index in [9.17, 15) is 0 Å². The Bertz CT molecular complexity index is 3890. The molecule has 68 heavy (non-hydrogen) atoms. The Morgan fingerprint density at radius 3 is 0.779 bits per heavy atom. The molecule has 18 rings (SSSR count). The van der Waals surface area contributed by atoms with Crippen LogP contribution in [-0.4, -0.2) is 13.4 Å². The van der Waals surface area contributed by atoms with Gasteiger partial charge in [-0.1, -0.05) is 169 Å². The van der Waals surface area contributed by atoms with Gasteiger partial charge in [0.1, 0.15) is 0 Å². The van der Waals surface area contributed by atoms with Crippen molar-refractivity contribution in [3.8, 4) is 55.6 Å². The van der Waals surface area contributed by atoms with Gasteiger partial charge in [-0.15, -0.1) is 0 Å². The molecule has 6 aliphatic rings. The van der Waals surface area contributed by atoms with Crippen LogP contribution in [0.15, 0.2) is 206 Å². The van der Waals surface area contributed by atoms with E-state index in [0.29, 0.717) is 0 Å². The van der Waals surface area contributed by atoms with Crippen LogP contribution < -0.4 is 42.6 Å². The lowest BCUT2D eigenvalue weighted by molar-refractivity contribution is 1.30. The Balaban J connectivity index is 0.788. The second-order valence-corrected chi connectivity index (χ2v) is 19.8. The van der Waals surface area contributed by atoms with Crippen molar-refractivity contribution < 1.29 is 0 Å². The Hall–Kier alpha value is -8.59. The summed E-state index contributed by atoms with van der Waals surface area (Å²) >= 11 is 0. The Labute approximate surface area is 393 Å². The summed E-state index contributed by atoms with van der Waals surface area (Å²) in [5.74, 6) is 0. The maximum Gasteiger partial charge on any atom is 0.249 e. The largest absolute Gasteiger partial charge is 0.311 e. The molecule has 6 aliphatic heterocycles. The van der Waals surface area contributed by atoms with Gasteiger partial charge in [0.05, 0.1) is 0 Å². The first-order valence-corrected chi connectivity index (χ1v) is 24.1. The summed E-state index contributed by atoms with van der Waals surface area (Å²) in [6, 6.07) is 78.9. The highest BCUT2D eigenvalue weighted by Gasteiger charge is 2.47. The van der Waals surface area contributed by atoms with E-state index in [1.807, 2.05) is 0 Å². The van der Waals surface area contributed by atoms with Gasteiger partial charge < -0.3 is 9.80 Å². The molecule has 2 nitrogen and oxygen atoms in total. The molecule has 306 valence electrons. The second kappa shape index (κ2) is 11.9. The molecule has 0 spiro atoms. The monoisotopic (exact) mass is 852 g/mol. The van der Waals surface area contributed by atoms with Crippen molar-refractivity contribution in [3.05, 3.63) is 206 Å². The normalized spacial score (nSPS) is 14.1. The van der Waals surface area contributed by atoms with E-state index in [-0.39, 0.29) is 13.4 Å². The average molecular weight is 853 g/mol. The fraction of sp³-hybridized carbons (Fsp3) is 0. The summed E-state index contributed by atoms with van der Waals surface area (Å²) in [6.07, 6.45) is 0. The summed E-state index contributed by atoms with van der Waals surface area (Å²) in [5, 5.41) is 10.8. The summed E-state index contributed by atoms with van der Waals surface area (Å²) in [4.78, 5) is 5.10. The van der Waals surface area contributed by atoms with Crippen LogP contribution in [0.25, 0.3) is 98.7 Å². The first kappa shape index (κ1) is 34.7. The minimum atomic E-state index is 0.183. The number of hydrogen-bond donors (Lipinski definition) is 0. The van der Waals surface area contributed by atoms with E-state index in [0.717, 1.165) is 0 Å². The molecule has 0 fully saturated rings. The molecule has 0 bridgehead atoms. The highest BCUT2D eigenvalue weighted by molar-refractivity contribution is 7.04. The predicted octanol–water partition coefficient (Wildman–Crippen LogP) is 12.5. The van der Waals surface area contributed by atoms with E-state index in [2.05, 4.69) is 216 Å². The standard InChI is InChI=1S/C64H34B2N2/c1-7-37-23-31-51-61-55(37)43(11-1)47-15-5-16-48-44-12-2-8-38-24-32-52(62(56(38)44)65(61)59(47)48)67(51)41-27-19-35(20-28-41)36-21-29-42(30-22-36)68-53-33-25-39-9-3-13-45-49-17-6-18-50-46-14-4-10-40-26-34-54(68)64(58(40)46)66(60(49)50)63(53)57(39)45/h1-34H. The molecule has 0 saturated heterocycles. The predicted molar refractivity (Wildman–Crippen MR) is 289 cm³/mol. The van der Waals surface area contributed by atoms with Gasteiger partial charge in [0.2, 0.25) is 13.4 Å². The molecule has 12 aromatic rings. The Kier molecular flexibility index (Phi) is 6.05. The van der Waals surface area contributed by atoms with E-state index in [4.69, 9.17) is 0 Å². The molecule has 0 unspecified atom stereocenters. The summed E-state index contributed by atoms with van der Waals surface area (Å²) < 4.78 is 0. The smallest absolute Gasteiger partial charge is 0.249 e. The lowest BCUT2D eigenvalue weighted by Gasteiger charge is -2.43. The minimum absolute atomic E-state index is 0.183. The first-order valence-electron chi connectivity index (χ1n) is 24.1. The highest BCUT2D eigenvalue weighted by Crippen LogP contribution is 2.49. The molecular weight excluding hydrogens is 818 g/mol. The molecule has 0 atom stereocenters. The molecule has 0 amide bonds. The van der Waals surface area contributed by atoms with Gasteiger partial charge in [0.15, 0.2) is 0 Å². The van der Waals surface area contributed by atoms with Crippen LogP contribution in [0.4, 0.5) is 34.1 Å². The minimum Gasteiger partial charge on any atom is -0.311 e. The number of hydrogen-bond acceptors (Lipinski definition) is 2. The van der Waals surface area contributed by atoms with Crippen molar-refractivity contribution in [1.29, 1.82) is 0 Å². The maximum atomic E-state index is 2.55. The van der Waals surface area contributed by atoms with Crippen molar-refractivity contribution in [2.45, 2.75) is 0 Å². The quantitative estimate of drug-likeness (QED) is 0.163. The van der Waals surface area contributed by atoms with Crippen LogP contribution in [0.2, 0.25) is 0 Å². The van der Waals surface area contributed by atoms with Crippen molar-refractivity contribution in [1.82, 2.24) is 0 Å². The lowest BCUT2D eigenvalue weighted by Crippen LogP contribution is -2.61. The van der Waals surface area contributed by atoms with Gasteiger partial charge in [0, 0.05) is 34.1 Å². The van der Waals surface area contributed by atoms with E-state index >= 15 is 0 Å². The highest BCUT2D eigenvalue weighted by atomic mass is 15.2. The number of fused-ring (bicyclic) bond motifs is 4. The Morgan fingerprint density at radius 2 is 0.485 bits per heavy atom. The van der Waals surface area contributed by atoms with Crippen LogP contribution in [0.1, 0.15) is 0 Å². The number of benzene rings is 12. The third kappa shape index (κ3) is 3.94. The van der Waals surface area contributed by atoms with Gasteiger partial charge >= 0.3 is 0 Å². The van der Waals surface area contributed by atoms with E-state index in [1.54, 1.807) is 0 Å². The molecule has 12 aromatic carbocycles. The van der Waals surface area contributed by atoms with Crippen molar-refractivity contribution in [3.63, 3.8) is 0 Å². The second-order valence-electron chi connectivity index (χ2n) is 19.8.